The van der Waals surface area contributed by atoms with Crippen LogP contribution in [0.3, 0.4) is 0 Å². The molecule has 0 aliphatic carbocycles. The second kappa shape index (κ2) is 11.5. The lowest BCUT2D eigenvalue weighted by atomic mass is 9.96. The maximum Gasteiger partial charge on any atom is 0.333 e. The van der Waals surface area contributed by atoms with Gasteiger partial charge in [-0.3, -0.25) is 0 Å². The van der Waals surface area contributed by atoms with E-state index in [1.165, 1.54) is 7.11 Å². The first-order valence-electron chi connectivity index (χ1n) is 9.79. The van der Waals surface area contributed by atoms with Crippen molar-refractivity contribution in [1.29, 1.82) is 5.26 Å². The molecule has 0 heterocycles. The van der Waals surface area contributed by atoms with Crippen LogP contribution in [0.2, 0.25) is 0 Å². The Morgan fingerprint density at radius 1 is 1.27 bits per heavy atom. The Hall–Kier alpha value is -3.46. The summed E-state index contributed by atoms with van der Waals surface area (Å²) in [6, 6.07) is 12.1. The predicted octanol–water partition coefficient (Wildman–Crippen LogP) is 4.67. The maximum absolute atomic E-state index is 12.7. The van der Waals surface area contributed by atoms with E-state index in [1.807, 2.05) is 32.1 Å². The zero-order valence-electron chi connectivity index (χ0n) is 17.6. The van der Waals surface area contributed by atoms with Gasteiger partial charge in [0.1, 0.15) is 5.75 Å². The number of nitrogens with zero attached hydrogens (tertiary/aromatic N) is 1. The molecule has 0 amide bonds. The Balaban J connectivity index is 2.57. The minimum absolute atomic E-state index is 0.193. The fourth-order valence-corrected chi connectivity index (χ4v) is 2.96. The van der Waals surface area contributed by atoms with Crippen molar-refractivity contribution in [2.24, 2.45) is 0 Å². The van der Waals surface area contributed by atoms with Crippen molar-refractivity contribution in [1.82, 2.24) is 0 Å². The molecule has 0 spiro atoms. The van der Waals surface area contributed by atoms with E-state index in [9.17, 15) is 4.79 Å². The van der Waals surface area contributed by atoms with Crippen molar-refractivity contribution in [2.45, 2.75) is 26.3 Å². The molecule has 2 aromatic rings. The lowest BCUT2D eigenvalue weighted by Crippen LogP contribution is -2.23. The normalized spacial score (nSPS) is 11.6. The fraction of sp³-hybridized carbons (Fsp3) is 0.292. The summed E-state index contributed by atoms with van der Waals surface area (Å²) in [5.74, 6) is 0.0796. The lowest BCUT2D eigenvalue weighted by molar-refractivity contribution is -0.141. The minimum atomic E-state index is -0.810. The molecule has 157 valence electrons. The van der Waals surface area contributed by atoms with Gasteiger partial charge in [0.25, 0.3) is 0 Å². The molecule has 0 saturated heterocycles. The summed E-state index contributed by atoms with van der Waals surface area (Å²) in [6.45, 7) is 8.47. The standard InChI is InChI=1S/C24H27N2O4/c1-5-17-14-19(12-13-29-6-2)23(30-7-3)21(15-17)22(24(27)28-4)26-20-10-8-18(16-25)9-11-20/h8-15,22,26H,3,5-7H2,1-2,4H3. The van der Waals surface area contributed by atoms with Gasteiger partial charge >= 0.3 is 5.97 Å². The molecular weight excluding hydrogens is 380 g/mol. The van der Waals surface area contributed by atoms with Crippen LogP contribution in [0.25, 0.3) is 6.08 Å². The molecule has 1 radical (unpaired) electrons. The third-order valence-electron chi connectivity index (χ3n) is 4.44. The van der Waals surface area contributed by atoms with E-state index in [2.05, 4.69) is 18.3 Å². The van der Waals surface area contributed by atoms with E-state index in [4.69, 9.17) is 19.5 Å². The molecule has 6 nitrogen and oxygen atoms in total. The Labute approximate surface area is 178 Å². The van der Waals surface area contributed by atoms with Crippen LogP contribution in [-0.2, 0) is 20.7 Å². The number of ether oxygens (including phenoxy) is 3. The zero-order chi connectivity index (χ0) is 21.9. The van der Waals surface area contributed by atoms with Crippen LogP contribution in [0.1, 0.15) is 42.1 Å². The van der Waals surface area contributed by atoms with E-state index >= 15 is 0 Å². The van der Waals surface area contributed by atoms with Crippen molar-refractivity contribution in [3.63, 3.8) is 0 Å². The van der Waals surface area contributed by atoms with Crippen LogP contribution >= 0.6 is 0 Å². The number of anilines is 1. The highest BCUT2D eigenvalue weighted by Crippen LogP contribution is 2.35. The Bertz CT molecular complexity index is 914. The lowest BCUT2D eigenvalue weighted by Gasteiger charge is -2.23. The van der Waals surface area contributed by atoms with Crippen LogP contribution in [0.4, 0.5) is 5.69 Å². The van der Waals surface area contributed by atoms with Crippen molar-refractivity contribution in [3.8, 4) is 11.8 Å². The number of nitriles is 1. The van der Waals surface area contributed by atoms with Crippen LogP contribution in [0, 0.1) is 18.3 Å². The van der Waals surface area contributed by atoms with Crippen LogP contribution < -0.4 is 10.1 Å². The number of carbonyl (C=O) groups is 1. The molecule has 2 aromatic carbocycles. The number of carbonyl (C=O) groups excluding carboxylic acids is 1. The van der Waals surface area contributed by atoms with E-state index in [0.29, 0.717) is 29.2 Å². The average molecular weight is 407 g/mol. The van der Waals surface area contributed by atoms with Gasteiger partial charge in [-0.25, -0.2) is 4.79 Å². The first kappa shape index (κ1) is 22.8. The topological polar surface area (TPSA) is 80.6 Å². The minimum Gasteiger partial charge on any atom is -0.501 e. The smallest absolute Gasteiger partial charge is 0.333 e. The Kier molecular flexibility index (Phi) is 8.76. The quantitative estimate of drug-likeness (QED) is 0.455. The second-order valence-corrected chi connectivity index (χ2v) is 6.35. The summed E-state index contributed by atoms with van der Waals surface area (Å²) in [6.07, 6.45) is 4.20. The molecular formula is C24H27N2O4. The summed E-state index contributed by atoms with van der Waals surface area (Å²) >= 11 is 0. The number of esters is 1. The largest absolute Gasteiger partial charge is 0.501 e. The number of nitrogens with one attached hydrogen (secondary N) is 1. The molecule has 1 atom stereocenters. The Morgan fingerprint density at radius 2 is 2.00 bits per heavy atom. The first-order chi connectivity index (χ1) is 14.6. The number of benzene rings is 2. The molecule has 1 unspecified atom stereocenters. The molecule has 0 aliphatic rings. The fourth-order valence-electron chi connectivity index (χ4n) is 2.96. The first-order valence-corrected chi connectivity index (χ1v) is 9.79. The molecule has 0 saturated carbocycles. The predicted molar refractivity (Wildman–Crippen MR) is 117 cm³/mol. The van der Waals surface area contributed by atoms with Crippen molar-refractivity contribution in [2.75, 3.05) is 25.6 Å². The molecule has 30 heavy (non-hydrogen) atoms. The monoisotopic (exact) mass is 407 g/mol. The van der Waals surface area contributed by atoms with E-state index < -0.39 is 12.0 Å². The number of aryl methyl sites for hydroxylation is 1. The van der Waals surface area contributed by atoms with Gasteiger partial charge in [0, 0.05) is 16.8 Å². The highest BCUT2D eigenvalue weighted by atomic mass is 16.5. The average Bonchev–Trinajstić information content (AvgIpc) is 2.78. The molecule has 6 heteroatoms. The van der Waals surface area contributed by atoms with Crippen molar-refractivity contribution >= 4 is 17.7 Å². The van der Waals surface area contributed by atoms with Gasteiger partial charge in [-0.05, 0) is 68.3 Å². The third-order valence-corrected chi connectivity index (χ3v) is 4.44. The molecule has 0 fully saturated rings. The SMILES string of the molecule is [CH2]COc1c(C=COCC)cc(CC)cc1C(Nc1ccc(C#N)cc1)C(=O)OC. The number of hydrogen-bond acceptors (Lipinski definition) is 6. The molecule has 1 N–H and O–H groups in total. The van der Waals surface area contributed by atoms with Gasteiger partial charge in [0.15, 0.2) is 6.04 Å². The highest BCUT2D eigenvalue weighted by molar-refractivity contribution is 5.83. The second-order valence-electron chi connectivity index (χ2n) is 6.35. The summed E-state index contributed by atoms with van der Waals surface area (Å²) in [4.78, 5) is 12.7. The van der Waals surface area contributed by atoms with Crippen LogP contribution in [-0.4, -0.2) is 26.3 Å². The van der Waals surface area contributed by atoms with Gasteiger partial charge in [-0.2, -0.15) is 5.26 Å². The molecule has 0 aliphatic heterocycles. The number of hydrogen-bond donors (Lipinski definition) is 1. The van der Waals surface area contributed by atoms with E-state index in [0.717, 1.165) is 17.5 Å². The molecule has 0 bridgehead atoms. The van der Waals surface area contributed by atoms with E-state index in [1.54, 1.807) is 30.5 Å². The number of rotatable bonds is 10. The number of methoxy groups -OCH3 is 1. The molecule has 2 rings (SSSR count). The maximum atomic E-state index is 12.7. The van der Waals surface area contributed by atoms with Crippen LogP contribution in [0.5, 0.6) is 5.75 Å². The van der Waals surface area contributed by atoms with Crippen molar-refractivity contribution < 1.29 is 19.0 Å². The van der Waals surface area contributed by atoms with Crippen molar-refractivity contribution in [3.05, 3.63) is 71.8 Å². The van der Waals surface area contributed by atoms with E-state index in [-0.39, 0.29) is 6.61 Å². The third kappa shape index (κ3) is 5.77. The van der Waals surface area contributed by atoms with Gasteiger partial charge in [-0.15, -0.1) is 0 Å². The van der Waals surface area contributed by atoms with Crippen LogP contribution in [0.15, 0.2) is 42.7 Å². The summed E-state index contributed by atoms with van der Waals surface area (Å²) < 4.78 is 16.2. The Morgan fingerprint density at radius 3 is 2.57 bits per heavy atom. The highest BCUT2D eigenvalue weighted by Gasteiger charge is 2.27. The summed E-state index contributed by atoms with van der Waals surface area (Å²) in [5.41, 5.74) is 3.68. The van der Waals surface area contributed by atoms with Gasteiger partial charge in [-0.1, -0.05) is 6.92 Å². The molecule has 0 aromatic heterocycles. The summed E-state index contributed by atoms with van der Waals surface area (Å²) in [7, 11) is 1.34. The summed E-state index contributed by atoms with van der Waals surface area (Å²) in [5, 5.41) is 12.2. The van der Waals surface area contributed by atoms with Gasteiger partial charge in [0.2, 0.25) is 0 Å². The zero-order valence-corrected chi connectivity index (χ0v) is 17.6. The van der Waals surface area contributed by atoms with Gasteiger partial charge < -0.3 is 19.5 Å². The van der Waals surface area contributed by atoms with Gasteiger partial charge in [0.05, 0.1) is 38.2 Å².